The molecule has 1 saturated heterocycles. The van der Waals surface area contributed by atoms with Crippen molar-refractivity contribution in [1.82, 2.24) is 15.5 Å². The van der Waals surface area contributed by atoms with Gasteiger partial charge < -0.3 is 15.5 Å². The van der Waals surface area contributed by atoms with Crippen molar-refractivity contribution in [3.05, 3.63) is 71.8 Å². The number of rotatable bonds is 6. The van der Waals surface area contributed by atoms with Crippen molar-refractivity contribution in [3.8, 4) is 0 Å². The van der Waals surface area contributed by atoms with Gasteiger partial charge in [-0.3, -0.25) is 9.59 Å². The molecular formula is C20H23N3O2. The number of benzene rings is 2. The first-order chi connectivity index (χ1) is 12.2. The van der Waals surface area contributed by atoms with E-state index in [-0.39, 0.29) is 18.2 Å². The second-order valence-corrected chi connectivity index (χ2v) is 6.22. The zero-order valence-electron chi connectivity index (χ0n) is 14.2. The average Bonchev–Trinajstić information content (AvgIpc) is 2.65. The molecule has 0 aromatic heterocycles. The zero-order valence-corrected chi connectivity index (χ0v) is 14.2. The van der Waals surface area contributed by atoms with Gasteiger partial charge >= 0.3 is 0 Å². The highest BCUT2D eigenvalue weighted by Crippen LogP contribution is 2.11. The molecule has 1 aliphatic rings. The van der Waals surface area contributed by atoms with Crippen molar-refractivity contribution in [3.63, 3.8) is 0 Å². The molecule has 130 valence electrons. The second kappa shape index (κ2) is 8.44. The van der Waals surface area contributed by atoms with Crippen molar-refractivity contribution in [1.29, 1.82) is 0 Å². The van der Waals surface area contributed by atoms with Gasteiger partial charge in [0.25, 0.3) is 0 Å². The number of piperazine rings is 1. The summed E-state index contributed by atoms with van der Waals surface area (Å²) in [6.45, 7) is 2.43. The fourth-order valence-corrected chi connectivity index (χ4v) is 2.97. The predicted octanol–water partition coefficient (Wildman–Crippen LogP) is 1.69. The Bertz CT molecular complexity index is 703. The number of hydrogen-bond donors (Lipinski definition) is 2. The topological polar surface area (TPSA) is 61.4 Å². The monoisotopic (exact) mass is 337 g/mol. The van der Waals surface area contributed by atoms with Crippen LogP contribution in [0.1, 0.15) is 17.5 Å². The molecule has 2 N–H and O–H groups in total. The number of carbonyl (C=O) groups is 2. The Morgan fingerprint density at radius 3 is 2.36 bits per heavy atom. The molecule has 0 spiro atoms. The molecule has 0 radical (unpaired) electrons. The van der Waals surface area contributed by atoms with Crippen LogP contribution in [0.4, 0.5) is 0 Å². The molecule has 1 atom stereocenters. The normalized spacial score (nSPS) is 17.4. The first kappa shape index (κ1) is 17.2. The van der Waals surface area contributed by atoms with E-state index >= 15 is 0 Å². The molecular weight excluding hydrogens is 314 g/mol. The van der Waals surface area contributed by atoms with Gasteiger partial charge in [0.1, 0.15) is 0 Å². The maximum absolute atomic E-state index is 12.6. The highest BCUT2D eigenvalue weighted by atomic mass is 16.2. The summed E-state index contributed by atoms with van der Waals surface area (Å²) in [7, 11) is 0. The summed E-state index contributed by atoms with van der Waals surface area (Å²) in [5, 5.41) is 6.04. The second-order valence-electron chi connectivity index (χ2n) is 6.22. The fraction of sp³-hybridized carbons (Fsp3) is 0.300. The van der Waals surface area contributed by atoms with E-state index in [9.17, 15) is 9.59 Å². The van der Waals surface area contributed by atoms with E-state index in [1.54, 1.807) is 0 Å². The van der Waals surface area contributed by atoms with E-state index in [4.69, 9.17) is 0 Å². The smallest absolute Gasteiger partial charge is 0.240 e. The summed E-state index contributed by atoms with van der Waals surface area (Å²) < 4.78 is 0. The summed E-state index contributed by atoms with van der Waals surface area (Å²) >= 11 is 0. The minimum Gasteiger partial charge on any atom is -0.352 e. The largest absolute Gasteiger partial charge is 0.352 e. The minimum atomic E-state index is -0.451. The van der Waals surface area contributed by atoms with Crippen LogP contribution in [0.5, 0.6) is 0 Å². The third kappa shape index (κ3) is 4.90. The van der Waals surface area contributed by atoms with Crippen LogP contribution in [0.2, 0.25) is 0 Å². The van der Waals surface area contributed by atoms with Crippen LogP contribution in [0.25, 0.3) is 0 Å². The van der Waals surface area contributed by atoms with Gasteiger partial charge in [-0.15, -0.1) is 0 Å². The first-order valence-electron chi connectivity index (χ1n) is 8.59. The van der Waals surface area contributed by atoms with Gasteiger partial charge in [-0.2, -0.15) is 0 Å². The van der Waals surface area contributed by atoms with E-state index in [1.807, 2.05) is 65.6 Å². The Kier molecular flexibility index (Phi) is 5.80. The summed E-state index contributed by atoms with van der Waals surface area (Å²) in [4.78, 5) is 26.6. The van der Waals surface area contributed by atoms with Crippen LogP contribution < -0.4 is 10.6 Å². The van der Waals surface area contributed by atoms with E-state index in [0.29, 0.717) is 26.2 Å². The molecule has 1 heterocycles. The number of hydrogen-bond acceptors (Lipinski definition) is 3. The van der Waals surface area contributed by atoms with E-state index < -0.39 is 6.04 Å². The Hall–Kier alpha value is -2.66. The van der Waals surface area contributed by atoms with E-state index in [2.05, 4.69) is 10.6 Å². The van der Waals surface area contributed by atoms with Gasteiger partial charge in [-0.1, -0.05) is 60.7 Å². The van der Waals surface area contributed by atoms with Crippen LogP contribution in [0, 0.1) is 0 Å². The lowest BCUT2D eigenvalue weighted by atomic mass is 10.1. The van der Waals surface area contributed by atoms with Crippen LogP contribution in [0.3, 0.4) is 0 Å². The molecule has 0 bridgehead atoms. The molecule has 1 aliphatic heterocycles. The average molecular weight is 337 g/mol. The lowest BCUT2D eigenvalue weighted by Gasteiger charge is -2.33. The molecule has 2 aromatic rings. The summed E-state index contributed by atoms with van der Waals surface area (Å²) in [6, 6.07) is 19.2. The maximum Gasteiger partial charge on any atom is 0.240 e. The van der Waals surface area contributed by atoms with Gasteiger partial charge in [0, 0.05) is 26.2 Å². The van der Waals surface area contributed by atoms with E-state index in [0.717, 1.165) is 11.1 Å². The SMILES string of the molecule is O=C(CC1NCCN(Cc2ccccc2)C1=O)NCc1ccccc1. The highest BCUT2D eigenvalue weighted by molar-refractivity contribution is 5.88. The number of amides is 2. The molecule has 3 rings (SSSR count). The fourth-order valence-electron chi connectivity index (χ4n) is 2.97. The van der Waals surface area contributed by atoms with Crippen molar-refractivity contribution in [2.45, 2.75) is 25.6 Å². The minimum absolute atomic E-state index is 0.00929. The molecule has 5 nitrogen and oxygen atoms in total. The number of nitrogens with one attached hydrogen (secondary N) is 2. The molecule has 2 aromatic carbocycles. The quantitative estimate of drug-likeness (QED) is 0.843. The summed E-state index contributed by atoms with van der Waals surface area (Å²) in [5.74, 6) is -0.124. The van der Waals surface area contributed by atoms with Crippen molar-refractivity contribution < 1.29 is 9.59 Å². The Morgan fingerprint density at radius 1 is 1.04 bits per heavy atom. The van der Waals surface area contributed by atoms with Crippen LogP contribution in [-0.2, 0) is 22.7 Å². The third-order valence-corrected chi connectivity index (χ3v) is 4.32. The lowest BCUT2D eigenvalue weighted by Crippen LogP contribution is -2.55. The van der Waals surface area contributed by atoms with Crippen molar-refractivity contribution in [2.75, 3.05) is 13.1 Å². The van der Waals surface area contributed by atoms with Crippen LogP contribution >= 0.6 is 0 Å². The summed E-state index contributed by atoms with van der Waals surface area (Å²) in [6.07, 6.45) is 0.164. The predicted molar refractivity (Wildman–Crippen MR) is 96.6 cm³/mol. The molecule has 0 aliphatic carbocycles. The Labute approximate surface area is 148 Å². The first-order valence-corrected chi connectivity index (χ1v) is 8.59. The standard InChI is InChI=1S/C20H23N3O2/c24-19(22-14-16-7-3-1-4-8-16)13-18-20(25)23(12-11-21-18)15-17-9-5-2-6-10-17/h1-10,18,21H,11-15H2,(H,22,24). The number of carbonyl (C=O) groups excluding carboxylic acids is 2. The van der Waals surface area contributed by atoms with Gasteiger partial charge in [0.2, 0.25) is 11.8 Å². The Morgan fingerprint density at radius 2 is 1.68 bits per heavy atom. The van der Waals surface area contributed by atoms with Crippen molar-refractivity contribution >= 4 is 11.8 Å². The van der Waals surface area contributed by atoms with Crippen LogP contribution in [-0.4, -0.2) is 35.8 Å². The zero-order chi connectivity index (χ0) is 17.5. The highest BCUT2D eigenvalue weighted by Gasteiger charge is 2.29. The summed E-state index contributed by atoms with van der Waals surface area (Å²) in [5.41, 5.74) is 2.15. The lowest BCUT2D eigenvalue weighted by molar-refractivity contribution is -0.138. The van der Waals surface area contributed by atoms with Gasteiger partial charge in [-0.05, 0) is 11.1 Å². The van der Waals surface area contributed by atoms with E-state index in [1.165, 1.54) is 0 Å². The van der Waals surface area contributed by atoms with Gasteiger partial charge in [0.05, 0.1) is 12.5 Å². The molecule has 1 fully saturated rings. The molecule has 2 amide bonds. The third-order valence-electron chi connectivity index (χ3n) is 4.32. The van der Waals surface area contributed by atoms with Crippen molar-refractivity contribution in [2.24, 2.45) is 0 Å². The van der Waals surface area contributed by atoms with Gasteiger partial charge in [-0.25, -0.2) is 0 Å². The maximum atomic E-state index is 12.6. The molecule has 25 heavy (non-hydrogen) atoms. The van der Waals surface area contributed by atoms with Crippen LogP contribution in [0.15, 0.2) is 60.7 Å². The molecule has 5 heteroatoms. The molecule has 1 unspecified atom stereocenters. The van der Waals surface area contributed by atoms with Gasteiger partial charge in [0.15, 0.2) is 0 Å². The molecule has 0 saturated carbocycles. The number of nitrogens with zero attached hydrogens (tertiary/aromatic N) is 1. The Balaban J connectivity index is 1.51.